The number of benzene rings is 1. The molecule has 1 aromatic carbocycles. The van der Waals surface area contributed by atoms with Crippen LogP contribution < -0.4 is 11.1 Å². The van der Waals surface area contributed by atoms with Crippen molar-refractivity contribution in [1.82, 2.24) is 5.32 Å². The van der Waals surface area contributed by atoms with Crippen LogP contribution in [-0.4, -0.2) is 30.7 Å². The third-order valence-corrected chi connectivity index (χ3v) is 4.03. The number of halogens is 2. The molecule has 0 bridgehead atoms. The van der Waals surface area contributed by atoms with Crippen molar-refractivity contribution >= 4 is 33.4 Å². The van der Waals surface area contributed by atoms with Gasteiger partial charge in [-0.1, -0.05) is 27.5 Å². The maximum absolute atomic E-state index is 12.2. The summed E-state index contributed by atoms with van der Waals surface area (Å²) >= 11 is 9.35. The summed E-state index contributed by atoms with van der Waals surface area (Å²) in [6.45, 7) is 2.54. The molecule has 1 aliphatic carbocycles. The van der Waals surface area contributed by atoms with Gasteiger partial charge in [-0.05, 0) is 31.5 Å². The van der Waals surface area contributed by atoms with Crippen molar-refractivity contribution in [3.05, 3.63) is 33.3 Å². The van der Waals surface area contributed by atoms with E-state index in [0.29, 0.717) is 17.2 Å². The lowest BCUT2D eigenvalue weighted by Gasteiger charge is -2.42. The third kappa shape index (κ3) is 3.28. The lowest BCUT2D eigenvalue weighted by molar-refractivity contribution is -0.0300. The van der Waals surface area contributed by atoms with Gasteiger partial charge in [-0.25, -0.2) is 0 Å². The maximum Gasteiger partial charge on any atom is 0.253 e. The molecule has 0 aromatic heterocycles. The summed E-state index contributed by atoms with van der Waals surface area (Å²) in [4.78, 5) is 12.2. The summed E-state index contributed by atoms with van der Waals surface area (Å²) < 4.78 is 6.35. The average molecular weight is 348 g/mol. The quantitative estimate of drug-likeness (QED) is 0.878. The second kappa shape index (κ2) is 6.22. The highest BCUT2D eigenvalue weighted by Crippen LogP contribution is 2.25. The van der Waals surface area contributed by atoms with Crippen LogP contribution in [0.2, 0.25) is 5.02 Å². The molecule has 3 atom stereocenters. The van der Waals surface area contributed by atoms with Crippen molar-refractivity contribution in [3.63, 3.8) is 0 Å². The van der Waals surface area contributed by atoms with E-state index in [9.17, 15) is 4.79 Å². The molecule has 4 nitrogen and oxygen atoms in total. The topological polar surface area (TPSA) is 64.3 Å². The number of amides is 1. The summed E-state index contributed by atoms with van der Waals surface area (Å²) in [6, 6.07) is 4.95. The van der Waals surface area contributed by atoms with E-state index in [-0.39, 0.29) is 24.1 Å². The molecule has 3 N–H and O–H groups in total. The molecule has 1 amide bonds. The van der Waals surface area contributed by atoms with E-state index in [1.807, 2.05) is 6.92 Å². The number of carbonyl (C=O) groups excluding carboxylic acids is 1. The van der Waals surface area contributed by atoms with Gasteiger partial charge in [0.05, 0.1) is 22.7 Å². The van der Waals surface area contributed by atoms with Gasteiger partial charge < -0.3 is 15.8 Å². The molecule has 0 spiro atoms. The van der Waals surface area contributed by atoms with Crippen molar-refractivity contribution < 1.29 is 9.53 Å². The molecule has 19 heavy (non-hydrogen) atoms. The Labute approximate surface area is 125 Å². The van der Waals surface area contributed by atoms with Gasteiger partial charge in [0.15, 0.2) is 0 Å². The number of nitrogens with one attached hydrogen (secondary N) is 1. The minimum Gasteiger partial charge on any atom is -0.376 e. The molecule has 1 fully saturated rings. The van der Waals surface area contributed by atoms with E-state index >= 15 is 0 Å². The van der Waals surface area contributed by atoms with E-state index in [1.54, 1.807) is 18.2 Å². The molecule has 0 radical (unpaired) electrons. The van der Waals surface area contributed by atoms with E-state index in [0.717, 1.165) is 10.9 Å². The van der Waals surface area contributed by atoms with Gasteiger partial charge in [0.1, 0.15) is 0 Å². The van der Waals surface area contributed by atoms with Crippen LogP contribution in [0.15, 0.2) is 22.7 Å². The van der Waals surface area contributed by atoms with Crippen LogP contribution in [0.3, 0.4) is 0 Å². The monoisotopic (exact) mass is 346 g/mol. The van der Waals surface area contributed by atoms with Crippen molar-refractivity contribution in [2.24, 2.45) is 5.73 Å². The molecule has 1 aromatic rings. The number of ether oxygens (including phenoxy) is 1. The highest BCUT2D eigenvalue weighted by molar-refractivity contribution is 9.10. The Morgan fingerprint density at radius 3 is 2.95 bits per heavy atom. The molecular weight excluding hydrogens is 332 g/mol. The van der Waals surface area contributed by atoms with Gasteiger partial charge in [-0.2, -0.15) is 0 Å². The fourth-order valence-electron chi connectivity index (χ4n) is 2.13. The van der Waals surface area contributed by atoms with Gasteiger partial charge in [0, 0.05) is 17.1 Å². The van der Waals surface area contributed by atoms with Gasteiger partial charge in [0.2, 0.25) is 0 Å². The molecule has 1 aliphatic rings. The molecule has 6 heteroatoms. The normalized spacial score (nSPS) is 25.8. The van der Waals surface area contributed by atoms with Crippen LogP contribution in [0, 0.1) is 0 Å². The number of carbonyl (C=O) groups is 1. The van der Waals surface area contributed by atoms with E-state index < -0.39 is 0 Å². The first-order valence-electron chi connectivity index (χ1n) is 6.16. The van der Waals surface area contributed by atoms with Crippen LogP contribution in [0.25, 0.3) is 0 Å². The Balaban J connectivity index is 2.04. The Morgan fingerprint density at radius 1 is 1.63 bits per heavy atom. The number of nitrogens with two attached hydrogens (primary N) is 1. The molecule has 104 valence electrons. The zero-order valence-electron chi connectivity index (χ0n) is 10.5. The Bertz CT molecular complexity index is 482. The first kappa shape index (κ1) is 14.8. The minimum absolute atomic E-state index is 0.00169. The highest BCUT2D eigenvalue weighted by atomic mass is 79.9. The Hall–Kier alpha value is -0.620. The lowest BCUT2D eigenvalue weighted by Crippen LogP contribution is -2.64. The summed E-state index contributed by atoms with van der Waals surface area (Å²) in [6.07, 6.45) is 0.769. The number of hydrogen-bond donors (Lipinski definition) is 2. The minimum atomic E-state index is -0.220. The van der Waals surface area contributed by atoms with Gasteiger partial charge in [-0.15, -0.1) is 0 Å². The van der Waals surface area contributed by atoms with E-state index in [4.69, 9.17) is 22.1 Å². The SMILES string of the molecule is CCOC1CC(N)C1NC(=O)c1ccc(Br)cc1Cl. The first-order chi connectivity index (χ1) is 9.02. The highest BCUT2D eigenvalue weighted by Gasteiger charge is 2.40. The zero-order chi connectivity index (χ0) is 14.0. The Kier molecular flexibility index (Phi) is 4.84. The summed E-state index contributed by atoms with van der Waals surface area (Å²) in [5.41, 5.74) is 6.34. The van der Waals surface area contributed by atoms with Gasteiger partial charge >= 0.3 is 0 Å². The van der Waals surface area contributed by atoms with Crippen LogP contribution in [0.4, 0.5) is 0 Å². The van der Waals surface area contributed by atoms with E-state index in [1.165, 1.54) is 0 Å². The largest absolute Gasteiger partial charge is 0.376 e. The second-order valence-electron chi connectivity index (χ2n) is 4.52. The number of hydrogen-bond acceptors (Lipinski definition) is 3. The molecule has 3 unspecified atom stereocenters. The fraction of sp³-hybridized carbons (Fsp3) is 0.462. The summed E-state index contributed by atoms with van der Waals surface area (Å²) in [7, 11) is 0. The molecule has 0 aliphatic heterocycles. The van der Waals surface area contributed by atoms with Crippen LogP contribution in [0.1, 0.15) is 23.7 Å². The molecule has 2 rings (SSSR count). The summed E-state index contributed by atoms with van der Waals surface area (Å²) in [5.74, 6) is -0.220. The van der Waals surface area contributed by atoms with Gasteiger partial charge in [0.25, 0.3) is 5.91 Å². The molecule has 0 heterocycles. The van der Waals surface area contributed by atoms with E-state index in [2.05, 4.69) is 21.2 Å². The van der Waals surface area contributed by atoms with Crippen molar-refractivity contribution in [3.8, 4) is 0 Å². The third-order valence-electron chi connectivity index (χ3n) is 3.22. The summed E-state index contributed by atoms with van der Waals surface area (Å²) in [5, 5.41) is 3.30. The van der Waals surface area contributed by atoms with Crippen molar-refractivity contribution in [2.45, 2.75) is 31.5 Å². The van der Waals surface area contributed by atoms with Crippen LogP contribution >= 0.6 is 27.5 Å². The fourth-order valence-corrected chi connectivity index (χ4v) is 2.89. The average Bonchev–Trinajstić information content (AvgIpc) is 2.35. The lowest BCUT2D eigenvalue weighted by atomic mass is 9.83. The predicted molar refractivity (Wildman–Crippen MR) is 78.4 cm³/mol. The predicted octanol–water partition coefficient (Wildman–Crippen LogP) is 2.34. The first-order valence-corrected chi connectivity index (χ1v) is 7.33. The zero-order valence-corrected chi connectivity index (χ0v) is 12.9. The van der Waals surface area contributed by atoms with Gasteiger partial charge in [-0.3, -0.25) is 4.79 Å². The second-order valence-corrected chi connectivity index (χ2v) is 5.84. The molecule has 0 saturated heterocycles. The maximum atomic E-state index is 12.2. The number of rotatable bonds is 4. The standard InChI is InChI=1S/C13H16BrClN2O2/c1-2-19-11-6-10(16)12(11)17-13(18)8-4-3-7(14)5-9(8)15/h3-5,10-12H,2,6,16H2,1H3,(H,17,18). The smallest absolute Gasteiger partial charge is 0.253 e. The Morgan fingerprint density at radius 2 is 2.37 bits per heavy atom. The molecule has 1 saturated carbocycles. The van der Waals surface area contributed by atoms with Crippen molar-refractivity contribution in [1.29, 1.82) is 0 Å². The van der Waals surface area contributed by atoms with Crippen molar-refractivity contribution in [2.75, 3.05) is 6.61 Å². The molecular formula is C13H16BrClN2O2. The van der Waals surface area contributed by atoms with Crippen LogP contribution in [0.5, 0.6) is 0 Å². The van der Waals surface area contributed by atoms with Crippen LogP contribution in [-0.2, 0) is 4.74 Å².